The van der Waals surface area contributed by atoms with E-state index < -0.39 is 12.0 Å². The van der Waals surface area contributed by atoms with E-state index in [1.807, 2.05) is 6.92 Å². The molecule has 5 nitrogen and oxygen atoms in total. The minimum Gasteiger partial charge on any atom is -0.480 e. The number of aromatic amines is 1. The van der Waals surface area contributed by atoms with Crippen LogP contribution in [-0.4, -0.2) is 33.6 Å². The molecule has 0 aliphatic carbocycles. The number of carboxylic acid groups (broad SMARTS) is 1. The molecule has 0 radical (unpaired) electrons. The standard InChI is InChI=1S/C10H17N3O2/c1-2-8(10(14)15)11-5-3-4-9-12-6-7-13-9/h6-8,11H,2-5H2,1H3,(H,12,13)(H,14,15). The number of rotatable bonds is 7. The Morgan fingerprint density at radius 1 is 1.73 bits per heavy atom. The van der Waals surface area contributed by atoms with Crippen molar-refractivity contribution in [3.8, 4) is 0 Å². The summed E-state index contributed by atoms with van der Waals surface area (Å²) in [5.41, 5.74) is 0. The summed E-state index contributed by atoms with van der Waals surface area (Å²) in [6, 6.07) is -0.429. The van der Waals surface area contributed by atoms with Crippen molar-refractivity contribution in [2.45, 2.75) is 32.2 Å². The van der Waals surface area contributed by atoms with Crippen molar-refractivity contribution >= 4 is 5.97 Å². The van der Waals surface area contributed by atoms with Crippen LogP contribution in [0.15, 0.2) is 12.4 Å². The van der Waals surface area contributed by atoms with Crippen molar-refractivity contribution < 1.29 is 9.90 Å². The van der Waals surface area contributed by atoms with Crippen molar-refractivity contribution in [3.05, 3.63) is 18.2 Å². The third-order valence-electron chi connectivity index (χ3n) is 2.24. The van der Waals surface area contributed by atoms with E-state index in [2.05, 4.69) is 15.3 Å². The average Bonchev–Trinajstić information content (AvgIpc) is 2.70. The smallest absolute Gasteiger partial charge is 0.320 e. The molecule has 0 aromatic carbocycles. The first kappa shape index (κ1) is 11.7. The van der Waals surface area contributed by atoms with Gasteiger partial charge in [0.15, 0.2) is 0 Å². The molecule has 3 N–H and O–H groups in total. The molecule has 84 valence electrons. The quantitative estimate of drug-likeness (QED) is 0.583. The first-order chi connectivity index (χ1) is 7.24. The predicted octanol–water partition coefficient (Wildman–Crippen LogP) is 0.795. The lowest BCUT2D eigenvalue weighted by molar-refractivity contribution is -0.139. The zero-order valence-electron chi connectivity index (χ0n) is 8.86. The van der Waals surface area contributed by atoms with Crippen LogP contribution in [0.25, 0.3) is 0 Å². The minimum absolute atomic E-state index is 0.429. The number of imidazole rings is 1. The van der Waals surface area contributed by atoms with Crippen LogP contribution in [-0.2, 0) is 11.2 Å². The van der Waals surface area contributed by atoms with E-state index in [1.54, 1.807) is 12.4 Å². The molecular formula is C10H17N3O2. The Kier molecular flexibility index (Phi) is 4.83. The second-order valence-electron chi connectivity index (χ2n) is 3.39. The number of hydrogen-bond donors (Lipinski definition) is 3. The number of aliphatic carboxylic acids is 1. The number of carbonyl (C=O) groups is 1. The summed E-state index contributed by atoms with van der Waals surface area (Å²) in [6.07, 6.45) is 5.84. The van der Waals surface area contributed by atoms with E-state index in [0.29, 0.717) is 13.0 Å². The molecule has 0 fully saturated rings. The molecule has 1 aromatic rings. The SMILES string of the molecule is CCC(NCCCc1ncc[nH]1)C(=O)O. The molecule has 0 bridgehead atoms. The topological polar surface area (TPSA) is 78.0 Å². The van der Waals surface area contributed by atoms with Gasteiger partial charge in [0.2, 0.25) is 0 Å². The van der Waals surface area contributed by atoms with Gasteiger partial charge in [-0.3, -0.25) is 4.79 Å². The van der Waals surface area contributed by atoms with Gasteiger partial charge >= 0.3 is 5.97 Å². The number of aromatic nitrogens is 2. The van der Waals surface area contributed by atoms with Crippen LogP contribution in [0, 0.1) is 0 Å². The molecule has 0 saturated carbocycles. The van der Waals surface area contributed by atoms with E-state index in [-0.39, 0.29) is 0 Å². The first-order valence-corrected chi connectivity index (χ1v) is 5.18. The maximum absolute atomic E-state index is 10.7. The van der Waals surface area contributed by atoms with Gasteiger partial charge in [0, 0.05) is 18.8 Å². The molecule has 1 rings (SSSR count). The van der Waals surface area contributed by atoms with E-state index in [1.165, 1.54) is 0 Å². The Labute approximate surface area is 88.9 Å². The van der Waals surface area contributed by atoms with E-state index in [9.17, 15) is 4.79 Å². The van der Waals surface area contributed by atoms with Crippen molar-refractivity contribution in [2.75, 3.05) is 6.54 Å². The van der Waals surface area contributed by atoms with E-state index in [4.69, 9.17) is 5.11 Å². The van der Waals surface area contributed by atoms with Crippen LogP contribution < -0.4 is 5.32 Å². The van der Waals surface area contributed by atoms with Gasteiger partial charge in [0.25, 0.3) is 0 Å². The lowest BCUT2D eigenvalue weighted by Crippen LogP contribution is -2.36. The zero-order valence-corrected chi connectivity index (χ0v) is 8.86. The van der Waals surface area contributed by atoms with Crippen molar-refractivity contribution in [3.63, 3.8) is 0 Å². The number of hydrogen-bond acceptors (Lipinski definition) is 3. The maximum Gasteiger partial charge on any atom is 0.320 e. The van der Waals surface area contributed by atoms with Crippen LogP contribution in [0.1, 0.15) is 25.6 Å². The molecule has 0 saturated heterocycles. The van der Waals surface area contributed by atoms with Crippen molar-refractivity contribution in [1.29, 1.82) is 0 Å². The fourth-order valence-corrected chi connectivity index (χ4v) is 1.37. The Balaban J connectivity index is 2.13. The molecule has 0 aliphatic heterocycles. The van der Waals surface area contributed by atoms with Gasteiger partial charge < -0.3 is 15.4 Å². The van der Waals surface area contributed by atoms with Gasteiger partial charge in [-0.15, -0.1) is 0 Å². The molecule has 0 amide bonds. The highest BCUT2D eigenvalue weighted by Crippen LogP contribution is 1.95. The zero-order chi connectivity index (χ0) is 11.1. The Bertz CT molecular complexity index is 285. The number of nitrogens with one attached hydrogen (secondary N) is 2. The molecular weight excluding hydrogens is 194 g/mol. The third kappa shape index (κ3) is 4.12. The molecule has 1 heterocycles. The van der Waals surface area contributed by atoms with Gasteiger partial charge in [-0.25, -0.2) is 4.98 Å². The molecule has 1 unspecified atom stereocenters. The normalized spacial score (nSPS) is 12.6. The van der Waals surface area contributed by atoms with E-state index >= 15 is 0 Å². The fourth-order valence-electron chi connectivity index (χ4n) is 1.37. The second-order valence-corrected chi connectivity index (χ2v) is 3.39. The summed E-state index contributed by atoms with van der Waals surface area (Å²) in [5, 5.41) is 11.8. The van der Waals surface area contributed by atoms with E-state index in [0.717, 1.165) is 18.7 Å². The highest BCUT2D eigenvalue weighted by atomic mass is 16.4. The molecule has 0 spiro atoms. The van der Waals surface area contributed by atoms with Gasteiger partial charge in [0.1, 0.15) is 11.9 Å². The van der Waals surface area contributed by atoms with Gasteiger partial charge in [-0.2, -0.15) is 0 Å². The Hall–Kier alpha value is -1.36. The molecule has 0 aliphatic rings. The van der Waals surface area contributed by atoms with Crippen LogP contribution in [0.2, 0.25) is 0 Å². The minimum atomic E-state index is -0.782. The number of H-pyrrole nitrogens is 1. The summed E-state index contributed by atoms with van der Waals surface area (Å²) >= 11 is 0. The van der Waals surface area contributed by atoms with Gasteiger partial charge in [0.05, 0.1) is 0 Å². The Morgan fingerprint density at radius 2 is 2.53 bits per heavy atom. The summed E-state index contributed by atoms with van der Waals surface area (Å²) in [4.78, 5) is 17.8. The van der Waals surface area contributed by atoms with Crippen LogP contribution in [0.5, 0.6) is 0 Å². The second kappa shape index (κ2) is 6.19. The Morgan fingerprint density at radius 3 is 3.07 bits per heavy atom. The molecule has 5 heteroatoms. The lowest BCUT2D eigenvalue weighted by Gasteiger charge is -2.11. The molecule has 15 heavy (non-hydrogen) atoms. The fraction of sp³-hybridized carbons (Fsp3) is 0.600. The summed E-state index contributed by atoms with van der Waals surface area (Å²) in [7, 11) is 0. The van der Waals surface area contributed by atoms with Crippen LogP contribution >= 0.6 is 0 Å². The summed E-state index contributed by atoms with van der Waals surface area (Å²) in [5.74, 6) is 0.163. The number of nitrogens with zero attached hydrogens (tertiary/aromatic N) is 1. The molecule has 1 atom stereocenters. The van der Waals surface area contributed by atoms with Crippen LogP contribution in [0.3, 0.4) is 0 Å². The highest BCUT2D eigenvalue weighted by molar-refractivity contribution is 5.73. The summed E-state index contributed by atoms with van der Waals surface area (Å²) < 4.78 is 0. The predicted molar refractivity (Wildman–Crippen MR) is 56.6 cm³/mol. The van der Waals surface area contributed by atoms with Crippen LogP contribution in [0.4, 0.5) is 0 Å². The average molecular weight is 211 g/mol. The first-order valence-electron chi connectivity index (χ1n) is 5.18. The van der Waals surface area contributed by atoms with Gasteiger partial charge in [-0.1, -0.05) is 6.92 Å². The monoisotopic (exact) mass is 211 g/mol. The lowest BCUT2D eigenvalue weighted by atomic mass is 10.2. The number of aryl methyl sites for hydroxylation is 1. The molecule has 1 aromatic heterocycles. The maximum atomic E-state index is 10.7. The van der Waals surface area contributed by atoms with Crippen molar-refractivity contribution in [1.82, 2.24) is 15.3 Å². The summed E-state index contributed by atoms with van der Waals surface area (Å²) in [6.45, 7) is 2.56. The van der Waals surface area contributed by atoms with Crippen molar-refractivity contribution in [2.24, 2.45) is 0 Å². The van der Waals surface area contributed by atoms with Gasteiger partial charge in [-0.05, 0) is 19.4 Å². The number of carboxylic acids is 1. The highest BCUT2D eigenvalue weighted by Gasteiger charge is 2.12. The third-order valence-corrected chi connectivity index (χ3v) is 2.24. The largest absolute Gasteiger partial charge is 0.480 e.